The van der Waals surface area contributed by atoms with Crippen molar-refractivity contribution in [1.29, 1.82) is 0 Å². The maximum absolute atomic E-state index is 11.4. The lowest BCUT2D eigenvalue weighted by molar-refractivity contribution is -0.121. The van der Waals surface area contributed by atoms with Crippen LogP contribution in [-0.4, -0.2) is 30.3 Å². The summed E-state index contributed by atoms with van der Waals surface area (Å²) in [7, 11) is 2.06. The van der Waals surface area contributed by atoms with Gasteiger partial charge in [-0.2, -0.15) is 0 Å². The monoisotopic (exact) mass is 169 g/mol. The molecule has 0 heterocycles. The Morgan fingerprint density at radius 3 is 2.67 bits per heavy atom. The summed E-state index contributed by atoms with van der Waals surface area (Å²) in [6.45, 7) is 5.42. The van der Waals surface area contributed by atoms with Crippen molar-refractivity contribution in [3.8, 4) is 0 Å². The van der Waals surface area contributed by atoms with E-state index in [0.717, 1.165) is 25.8 Å². The molecule has 2 heteroatoms. The minimum absolute atomic E-state index is 0.229. The summed E-state index contributed by atoms with van der Waals surface area (Å²) >= 11 is 0. The van der Waals surface area contributed by atoms with Crippen LogP contribution < -0.4 is 0 Å². The number of nitrogens with zero attached hydrogens (tertiary/aromatic N) is 1. The van der Waals surface area contributed by atoms with Crippen LogP contribution in [-0.2, 0) is 4.79 Å². The van der Waals surface area contributed by atoms with Gasteiger partial charge >= 0.3 is 0 Å². The average molecular weight is 169 g/mol. The summed E-state index contributed by atoms with van der Waals surface area (Å²) in [5, 5.41) is 0. The summed E-state index contributed by atoms with van der Waals surface area (Å²) in [6.07, 6.45) is 2.96. The fraction of sp³-hybridized carbons (Fsp3) is 0.900. The highest BCUT2D eigenvalue weighted by molar-refractivity contribution is 5.85. The van der Waals surface area contributed by atoms with Crippen LogP contribution in [0.2, 0.25) is 0 Å². The fourth-order valence-electron chi connectivity index (χ4n) is 1.97. The Balaban J connectivity index is 2.40. The molecular weight excluding hydrogens is 150 g/mol. The number of carbonyl (C=O) groups excluding carboxylic acids is 1. The van der Waals surface area contributed by atoms with Crippen LogP contribution in [0.15, 0.2) is 0 Å². The zero-order chi connectivity index (χ0) is 9.14. The second-order valence-corrected chi connectivity index (χ2v) is 4.21. The van der Waals surface area contributed by atoms with Gasteiger partial charge in [0, 0.05) is 13.0 Å². The maximum atomic E-state index is 11.4. The van der Waals surface area contributed by atoms with Gasteiger partial charge in [-0.1, -0.05) is 13.8 Å². The molecule has 0 amide bonds. The summed E-state index contributed by atoms with van der Waals surface area (Å²) in [5.74, 6) is 1.10. The fourth-order valence-corrected chi connectivity index (χ4v) is 1.97. The lowest BCUT2D eigenvalue weighted by Crippen LogP contribution is -2.37. The van der Waals surface area contributed by atoms with E-state index in [0.29, 0.717) is 11.7 Å². The van der Waals surface area contributed by atoms with Crippen LogP contribution >= 0.6 is 0 Å². The molecule has 0 spiro atoms. The predicted molar refractivity (Wildman–Crippen MR) is 50.1 cm³/mol. The Morgan fingerprint density at radius 2 is 2.25 bits per heavy atom. The van der Waals surface area contributed by atoms with Crippen molar-refractivity contribution < 1.29 is 4.79 Å². The third kappa shape index (κ3) is 2.31. The van der Waals surface area contributed by atoms with Crippen LogP contribution in [0, 0.1) is 5.92 Å². The minimum atomic E-state index is 0.229. The number of likely N-dealkylation sites (N-methyl/N-ethyl adjacent to an activating group) is 1. The van der Waals surface area contributed by atoms with E-state index in [1.54, 1.807) is 0 Å². The van der Waals surface area contributed by atoms with Gasteiger partial charge in [-0.05, 0) is 25.8 Å². The van der Waals surface area contributed by atoms with Gasteiger partial charge in [0.05, 0.1) is 6.04 Å². The van der Waals surface area contributed by atoms with E-state index in [2.05, 4.69) is 25.8 Å². The highest BCUT2D eigenvalue weighted by Crippen LogP contribution is 2.19. The summed E-state index contributed by atoms with van der Waals surface area (Å²) < 4.78 is 0. The molecule has 1 rings (SSSR count). The molecule has 0 radical (unpaired) electrons. The number of hydrogen-bond donors (Lipinski definition) is 0. The molecule has 1 unspecified atom stereocenters. The molecule has 0 aromatic carbocycles. The summed E-state index contributed by atoms with van der Waals surface area (Å²) in [6, 6.07) is 0.229. The van der Waals surface area contributed by atoms with Gasteiger partial charge in [0.25, 0.3) is 0 Å². The topological polar surface area (TPSA) is 20.3 Å². The lowest BCUT2D eigenvalue weighted by Gasteiger charge is -2.24. The molecular formula is C10H19NO. The molecule has 1 saturated carbocycles. The Labute approximate surface area is 74.9 Å². The molecule has 2 nitrogen and oxygen atoms in total. The minimum Gasteiger partial charge on any atom is -0.298 e. The quantitative estimate of drug-likeness (QED) is 0.641. The van der Waals surface area contributed by atoms with E-state index < -0.39 is 0 Å². The van der Waals surface area contributed by atoms with E-state index in [1.807, 2.05) is 0 Å². The van der Waals surface area contributed by atoms with E-state index in [9.17, 15) is 4.79 Å². The first kappa shape index (κ1) is 9.72. The maximum Gasteiger partial charge on any atom is 0.149 e. The standard InChI is InChI=1S/C10H19NO/c1-8(2)7-11(3)9-5-4-6-10(9)12/h8-9H,4-7H2,1-3H3. The van der Waals surface area contributed by atoms with Crippen molar-refractivity contribution >= 4 is 5.78 Å². The van der Waals surface area contributed by atoms with Crippen LogP contribution in [0.1, 0.15) is 33.1 Å². The third-order valence-corrected chi connectivity index (χ3v) is 2.46. The molecule has 1 fully saturated rings. The third-order valence-electron chi connectivity index (χ3n) is 2.46. The van der Waals surface area contributed by atoms with Crippen molar-refractivity contribution in [1.82, 2.24) is 4.90 Å². The smallest absolute Gasteiger partial charge is 0.149 e. The Morgan fingerprint density at radius 1 is 1.58 bits per heavy atom. The molecule has 1 atom stereocenters. The number of ketones is 1. The number of rotatable bonds is 3. The first-order chi connectivity index (χ1) is 5.61. The van der Waals surface area contributed by atoms with Gasteiger partial charge in [-0.3, -0.25) is 9.69 Å². The Hall–Kier alpha value is -0.370. The zero-order valence-electron chi connectivity index (χ0n) is 8.34. The van der Waals surface area contributed by atoms with Gasteiger partial charge in [-0.25, -0.2) is 0 Å². The Bertz CT molecular complexity index is 165. The van der Waals surface area contributed by atoms with E-state index in [4.69, 9.17) is 0 Å². The van der Waals surface area contributed by atoms with Gasteiger partial charge < -0.3 is 0 Å². The normalized spacial score (nSPS) is 24.4. The van der Waals surface area contributed by atoms with Crippen LogP contribution in [0.3, 0.4) is 0 Å². The second kappa shape index (κ2) is 4.04. The molecule has 1 aliphatic rings. The lowest BCUT2D eigenvalue weighted by atomic mass is 10.1. The molecule has 0 N–H and O–H groups in total. The van der Waals surface area contributed by atoms with Crippen LogP contribution in [0.5, 0.6) is 0 Å². The summed E-state index contributed by atoms with van der Waals surface area (Å²) in [4.78, 5) is 13.6. The number of hydrogen-bond acceptors (Lipinski definition) is 2. The SMILES string of the molecule is CC(C)CN(C)C1CCCC1=O. The van der Waals surface area contributed by atoms with Gasteiger partial charge in [-0.15, -0.1) is 0 Å². The van der Waals surface area contributed by atoms with Crippen molar-refractivity contribution in [2.45, 2.75) is 39.2 Å². The van der Waals surface area contributed by atoms with Crippen molar-refractivity contribution in [2.75, 3.05) is 13.6 Å². The first-order valence-electron chi connectivity index (χ1n) is 4.84. The first-order valence-corrected chi connectivity index (χ1v) is 4.84. The van der Waals surface area contributed by atoms with Crippen molar-refractivity contribution in [2.24, 2.45) is 5.92 Å². The molecule has 0 aromatic heterocycles. The largest absolute Gasteiger partial charge is 0.298 e. The van der Waals surface area contributed by atoms with E-state index in [1.165, 1.54) is 0 Å². The summed E-state index contributed by atoms with van der Waals surface area (Å²) in [5.41, 5.74) is 0. The van der Waals surface area contributed by atoms with Gasteiger partial charge in [0.2, 0.25) is 0 Å². The van der Waals surface area contributed by atoms with Crippen molar-refractivity contribution in [3.63, 3.8) is 0 Å². The molecule has 0 aliphatic heterocycles. The second-order valence-electron chi connectivity index (χ2n) is 4.21. The van der Waals surface area contributed by atoms with Gasteiger partial charge in [0.1, 0.15) is 5.78 Å². The molecule has 12 heavy (non-hydrogen) atoms. The van der Waals surface area contributed by atoms with Gasteiger partial charge in [0.15, 0.2) is 0 Å². The highest BCUT2D eigenvalue weighted by atomic mass is 16.1. The average Bonchev–Trinajstić information content (AvgIpc) is 2.33. The molecule has 0 aromatic rings. The molecule has 0 saturated heterocycles. The van der Waals surface area contributed by atoms with E-state index in [-0.39, 0.29) is 6.04 Å². The van der Waals surface area contributed by atoms with Crippen LogP contribution in [0.4, 0.5) is 0 Å². The molecule has 70 valence electrons. The van der Waals surface area contributed by atoms with E-state index >= 15 is 0 Å². The molecule has 0 bridgehead atoms. The highest BCUT2D eigenvalue weighted by Gasteiger charge is 2.27. The predicted octanol–water partition coefficient (Wildman–Crippen LogP) is 1.70. The number of Topliss-reactive ketones (excluding diaryl/α,β-unsaturated/α-hetero) is 1. The Kier molecular flexibility index (Phi) is 3.27. The molecule has 1 aliphatic carbocycles. The van der Waals surface area contributed by atoms with Crippen LogP contribution in [0.25, 0.3) is 0 Å². The van der Waals surface area contributed by atoms with Crippen molar-refractivity contribution in [3.05, 3.63) is 0 Å². The number of carbonyl (C=O) groups is 1. The zero-order valence-corrected chi connectivity index (χ0v) is 8.34.